The van der Waals surface area contributed by atoms with E-state index in [1.165, 1.54) is 6.20 Å². The number of imidazole rings is 1. The lowest BCUT2D eigenvalue weighted by molar-refractivity contribution is 0.0519. The zero-order valence-electron chi connectivity index (χ0n) is 11.4. The van der Waals surface area contributed by atoms with E-state index in [1.54, 1.807) is 6.92 Å². The molecule has 0 amide bonds. The molecule has 0 radical (unpaired) electrons. The van der Waals surface area contributed by atoms with Gasteiger partial charge in [-0.25, -0.2) is 22.9 Å². The average Bonchev–Trinajstić information content (AvgIpc) is 2.90. The Morgan fingerprint density at radius 2 is 2.15 bits per heavy atom. The van der Waals surface area contributed by atoms with Crippen molar-refractivity contribution in [1.82, 2.24) is 14.7 Å². The van der Waals surface area contributed by atoms with Gasteiger partial charge in [-0.15, -0.1) is 0 Å². The highest BCUT2D eigenvalue weighted by Gasteiger charge is 2.25. The summed E-state index contributed by atoms with van der Waals surface area (Å²) in [5.74, 6) is -0.612. The molecule has 0 aromatic carbocycles. The van der Waals surface area contributed by atoms with Crippen molar-refractivity contribution < 1.29 is 17.9 Å². The number of hydrogen-bond donors (Lipinski definition) is 2. The molecule has 0 spiro atoms. The number of aromatic amines is 1. The summed E-state index contributed by atoms with van der Waals surface area (Å²) in [6, 6.07) is -0.0510. The Morgan fingerprint density at radius 1 is 1.45 bits per heavy atom. The molecule has 1 aromatic rings. The second kappa shape index (κ2) is 6.36. The number of aromatic nitrogens is 2. The lowest BCUT2D eigenvalue weighted by atomic mass is 9.96. The van der Waals surface area contributed by atoms with Crippen LogP contribution in [0, 0.1) is 0 Å². The van der Waals surface area contributed by atoms with Gasteiger partial charge < -0.3 is 9.72 Å². The zero-order chi connectivity index (χ0) is 14.6. The van der Waals surface area contributed by atoms with Crippen molar-refractivity contribution in [2.75, 3.05) is 6.61 Å². The molecule has 8 heteroatoms. The first-order valence-corrected chi connectivity index (χ1v) is 8.25. The average molecular weight is 301 g/mol. The summed E-state index contributed by atoms with van der Waals surface area (Å²) in [6.07, 6.45) is 6.05. The van der Waals surface area contributed by atoms with Crippen LogP contribution >= 0.6 is 0 Å². The first kappa shape index (κ1) is 15.0. The van der Waals surface area contributed by atoms with Gasteiger partial charge in [0.15, 0.2) is 0 Å². The van der Waals surface area contributed by atoms with Gasteiger partial charge in [-0.05, 0) is 19.8 Å². The Balaban J connectivity index is 2.07. The van der Waals surface area contributed by atoms with E-state index in [-0.39, 0.29) is 23.5 Å². The van der Waals surface area contributed by atoms with Gasteiger partial charge in [-0.2, -0.15) is 0 Å². The molecule has 0 bridgehead atoms. The normalized spacial score (nSPS) is 17.1. The number of H-pyrrole nitrogens is 1. The van der Waals surface area contributed by atoms with Crippen LogP contribution in [0.4, 0.5) is 0 Å². The molecular formula is C12H19N3O4S. The number of ether oxygens (including phenoxy) is 1. The molecule has 1 fully saturated rings. The van der Waals surface area contributed by atoms with Gasteiger partial charge in [0.2, 0.25) is 5.16 Å². The summed E-state index contributed by atoms with van der Waals surface area (Å²) >= 11 is 0. The largest absolute Gasteiger partial charge is 0.461 e. The van der Waals surface area contributed by atoms with Crippen LogP contribution in [-0.4, -0.2) is 37.0 Å². The SMILES string of the molecule is CCOC(=O)c1cnc(S(=O)(=O)NC2CCCCC2)[nH]1. The van der Waals surface area contributed by atoms with Gasteiger partial charge in [-0.3, -0.25) is 0 Å². The summed E-state index contributed by atoms with van der Waals surface area (Å²) in [5, 5.41) is -0.244. The van der Waals surface area contributed by atoms with E-state index in [4.69, 9.17) is 4.74 Å². The smallest absolute Gasteiger partial charge is 0.356 e. The maximum atomic E-state index is 12.1. The maximum Gasteiger partial charge on any atom is 0.356 e. The quantitative estimate of drug-likeness (QED) is 0.796. The van der Waals surface area contributed by atoms with Crippen LogP contribution in [0.15, 0.2) is 11.4 Å². The number of carbonyl (C=O) groups is 1. The Hall–Kier alpha value is -1.41. The number of carbonyl (C=O) groups excluding carboxylic acids is 1. The van der Waals surface area contributed by atoms with Crippen LogP contribution in [0.3, 0.4) is 0 Å². The third-order valence-electron chi connectivity index (χ3n) is 3.23. The predicted octanol–water partition coefficient (Wildman–Crippen LogP) is 1.20. The fourth-order valence-corrected chi connectivity index (χ4v) is 3.47. The van der Waals surface area contributed by atoms with Crippen molar-refractivity contribution in [3.05, 3.63) is 11.9 Å². The molecule has 1 heterocycles. The lowest BCUT2D eigenvalue weighted by Crippen LogP contribution is -2.36. The van der Waals surface area contributed by atoms with Gasteiger partial charge in [-0.1, -0.05) is 19.3 Å². The topological polar surface area (TPSA) is 101 Å². The van der Waals surface area contributed by atoms with Gasteiger partial charge in [0.05, 0.1) is 12.8 Å². The molecule has 7 nitrogen and oxygen atoms in total. The predicted molar refractivity (Wildman–Crippen MR) is 71.7 cm³/mol. The number of esters is 1. The van der Waals surface area contributed by atoms with E-state index in [9.17, 15) is 13.2 Å². The minimum Gasteiger partial charge on any atom is -0.461 e. The molecule has 2 rings (SSSR count). The van der Waals surface area contributed by atoms with Crippen LogP contribution in [0.25, 0.3) is 0 Å². The van der Waals surface area contributed by atoms with Crippen molar-refractivity contribution in [2.24, 2.45) is 0 Å². The number of hydrogen-bond acceptors (Lipinski definition) is 5. The first-order chi connectivity index (χ1) is 9.53. The maximum absolute atomic E-state index is 12.1. The molecule has 0 atom stereocenters. The van der Waals surface area contributed by atoms with Crippen LogP contribution in [0.2, 0.25) is 0 Å². The first-order valence-electron chi connectivity index (χ1n) is 6.77. The van der Waals surface area contributed by atoms with Crippen molar-refractivity contribution in [2.45, 2.75) is 50.2 Å². The second-order valence-corrected chi connectivity index (χ2v) is 6.41. The highest BCUT2D eigenvalue weighted by atomic mass is 32.2. The molecule has 0 unspecified atom stereocenters. The van der Waals surface area contributed by atoms with Crippen LogP contribution in [0.1, 0.15) is 49.5 Å². The van der Waals surface area contributed by atoms with E-state index in [2.05, 4.69) is 14.7 Å². The van der Waals surface area contributed by atoms with Crippen molar-refractivity contribution in [1.29, 1.82) is 0 Å². The minimum atomic E-state index is -3.71. The highest BCUT2D eigenvalue weighted by Crippen LogP contribution is 2.19. The Morgan fingerprint density at radius 3 is 2.80 bits per heavy atom. The number of rotatable bonds is 5. The van der Waals surface area contributed by atoms with E-state index in [1.807, 2.05) is 0 Å². The molecule has 1 aliphatic carbocycles. The monoisotopic (exact) mass is 301 g/mol. The molecule has 1 aliphatic rings. The molecule has 2 N–H and O–H groups in total. The summed E-state index contributed by atoms with van der Waals surface area (Å²) in [5.41, 5.74) is 0.0378. The molecule has 20 heavy (non-hydrogen) atoms. The summed E-state index contributed by atoms with van der Waals surface area (Å²) in [7, 11) is -3.71. The fraction of sp³-hybridized carbons (Fsp3) is 0.667. The standard InChI is InChI=1S/C12H19N3O4S/c1-2-19-11(16)10-8-13-12(14-10)20(17,18)15-9-6-4-3-5-7-9/h8-9,15H,2-7H2,1H3,(H,13,14). The minimum absolute atomic E-state index is 0.0378. The Kier molecular flexibility index (Phi) is 4.77. The lowest BCUT2D eigenvalue weighted by Gasteiger charge is -2.21. The highest BCUT2D eigenvalue weighted by molar-refractivity contribution is 7.89. The molecule has 1 aromatic heterocycles. The second-order valence-electron chi connectivity index (χ2n) is 4.78. The number of nitrogens with one attached hydrogen (secondary N) is 2. The van der Waals surface area contributed by atoms with E-state index < -0.39 is 16.0 Å². The third kappa shape index (κ3) is 3.57. The van der Waals surface area contributed by atoms with Crippen molar-refractivity contribution >= 4 is 16.0 Å². The number of sulfonamides is 1. The van der Waals surface area contributed by atoms with E-state index >= 15 is 0 Å². The molecule has 0 aliphatic heterocycles. The van der Waals surface area contributed by atoms with Crippen molar-refractivity contribution in [3.63, 3.8) is 0 Å². The van der Waals surface area contributed by atoms with Gasteiger partial charge in [0, 0.05) is 6.04 Å². The molecule has 112 valence electrons. The van der Waals surface area contributed by atoms with Gasteiger partial charge >= 0.3 is 5.97 Å². The summed E-state index contributed by atoms with van der Waals surface area (Å²) < 4.78 is 31.7. The zero-order valence-corrected chi connectivity index (χ0v) is 12.2. The third-order valence-corrected chi connectivity index (χ3v) is 4.59. The van der Waals surface area contributed by atoms with E-state index in [0.29, 0.717) is 0 Å². The molecule has 0 saturated heterocycles. The van der Waals surface area contributed by atoms with Crippen LogP contribution in [-0.2, 0) is 14.8 Å². The van der Waals surface area contributed by atoms with Gasteiger partial charge in [0.1, 0.15) is 5.69 Å². The van der Waals surface area contributed by atoms with Crippen molar-refractivity contribution in [3.8, 4) is 0 Å². The fourth-order valence-electron chi connectivity index (χ4n) is 2.25. The van der Waals surface area contributed by atoms with E-state index in [0.717, 1.165) is 32.1 Å². The van der Waals surface area contributed by atoms with Crippen LogP contribution < -0.4 is 4.72 Å². The number of nitrogens with zero attached hydrogens (tertiary/aromatic N) is 1. The van der Waals surface area contributed by atoms with Crippen LogP contribution in [0.5, 0.6) is 0 Å². The summed E-state index contributed by atoms with van der Waals surface area (Å²) in [6.45, 7) is 1.90. The Labute approximate surface area is 118 Å². The van der Waals surface area contributed by atoms with Gasteiger partial charge in [0.25, 0.3) is 10.0 Å². The summed E-state index contributed by atoms with van der Waals surface area (Å²) in [4.78, 5) is 17.7. The Bertz CT molecular complexity index is 561. The molecule has 1 saturated carbocycles. The molecular weight excluding hydrogens is 282 g/mol.